The molecule has 0 amide bonds. The molecule has 0 fully saturated rings. The Kier molecular flexibility index (Phi) is 3.10. The van der Waals surface area contributed by atoms with Gasteiger partial charge in [-0.1, -0.05) is 17.7 Å². The molecule has 16 heavy (non-hydrogen) atoms. The largest absolute Gasteiger partial charge is 0.386 e. The van der Waals surface area contributed by atoms with E-state index >= 15 is 0 Å². The van der Waals surface area contributed by atoms with Gasteiger partial charge in [0.05, 0.1) is 18.4 Å². The summed E-state index contributed by atoms with van der Waals surface area (Å²) in [5, 5.41) is 7.55. The summed E-state index contributed by atoms with van der Waals surface area (Å²) in [6.07, 6.45) is 3.58. The molecule has 0 saturated carbocycles. The summed E-state index contributed by atoms with van der Waals surface area (Å²) in [5.74, 6) is -0.329. The fourth-order valence-electron chi connectivity index (χ4n) is 1.40. The zero-order chi connectivity index (χ0) is 11.5. The van der Waals surface area contributed by atoms with Gasteiger partial charge in [0.2, 0.25) is 0 Å². The number of hydrogen-bond donors (Lipinski definition) is 1. The van der Waals surface area contributed by atoms with Crippen LogP contribution >= 0.6 is 11.6 Å². The van der Waals surface area contributed by atoms with Crippen LogP contribution in [0.1, 0.15) is 5.56 Å². The van der Waals surface area contributed by atoms with Crippen LogP contribution in [0, 0.1) is 5.82 Å². The predicted molar refractivity (Wildman–Crippen MR) is 62.3 cm³/mol. The molecule has 1 aromatic heterocycles. The SMILES string of the molecule is CNc1cnn(Cc2ccc(F)cc2Cl)c1. The van der Waals surface area contributed by atoms with Crippen LogP contribution in [0.4, 0.5) is 10.1 Å². The monoisotopic (exact) mass is 239 g/mol. The number of nitrogens with one attached hydrogen (secondary N) is 1. The standard InChI is InChI=1S/C11H11ClFN3/c1-14-10-5-15-16(7-10)6-8-2-3-9(13)4-11(8)12/h2-5,7,14H,6H2,1H3. The summed E-state index contributed by atoms with van der Waals surface area (Å²) in [4.78, 5) is 0. The Morgan fingerprint density at radius 1 is 1.50 bits per heavy atom. The first-order chi connectivity index (χ1) is 7.69. The third kappa shape index (κ3) is 2.33. The van der Waals surface area contributed by atoms with E-state index in [2.05, 4.69) is 10.4 Å². The average molecular weight is 240 g/mol. The molecular weight excluding hydrogens is 229 g/mol. The minimum Gasteiger partial charge on any atom is -0.386 e. The van der Waals surface area contributed by atoms with Crippen LogP contribution in [0.5, 0.6) is 0 Å². The van der Waals surface area contributed by atoms with Crippen molar-refractivity contribution in [2.45, 2.75) is 6.54 Å². The molecule has 3 nitrogen and oxygen atoms in total. The molecule has 5 heteroatoms. The number of rotatable bonds is 3. The first-order valence-electron chi connectivity index (χ1n) is 4.83. The molecule has 2 rings (SSSR count). The fraction of sp³-hybridized carbons (Fsp3) is 0.182. The van der Waals surface area contributed by atoms with Crippen molar-refractivity contribution < 1.29 is 4.39 Å². The molecule has 0 bridgehead atoms. The van der Waals surface area contributed by atoms with Crippen molar-refractivity contribution in [2.24, 2.45) is 0 Å². The highest BCUT2D eigenvalue weighted by Crippen LogP contribution is 2.18. The van der Waals surface area contributed by atoms with Crippen molar-refractivity contribution >= 4 is 17.3 Å². The number of halogens is 2. The third-order valence-corrected chi connectivity index (χ3v) is 2.62. The topological polar surface area (TPSA) is 29.9 Å². The zero-order valence-corrected chi connectivity index (χ0v) is 9.50. The van der Waals surface area contributed by atoms with E-state index in [0.717, 1.165) is 11.3 Å². The van der Waals surface area contributed by atoms with Gasteiger partial charge in [-0.15, -0.1) is 0 Å². The Bertz CT molecular complexity index is 496. The molecule has 84 valence electrons. The molecule has 0 saturated heterocycles. The Balaban J connectivity index is 2.20. The number of anilines is 1. The first-order valence-corrected chi connectivity index (χ1v) is 5.21. The van der Waals surface area contributed by atoms with Gasteiger partial charge < -0.3 is 5.32 Å². The van der Waals surface area contributed by atoms with Gasteiger partial charge >= 0.3 is 0 Å². The molecule has 0 aliphatic carbocycles. The first kappa shape index (κ1) is 11.0. The quantitative estimate of drug-likeness (QED) is 0.893. The third-order valence-electron chi connectivity index (χ3n) is 2.27. The van der Waals surface area contributed by atoms with E-state index in [4.69, 9.17) is 11.6 Å². The van der Waals surface area contributed by atoms with E-state index in [1.54, 1.807) is 16.9 Å². The van der Waals surface area contributed by atoms with Gasteiger partial charge in [-0.3, -0.25) is 4.68 Å². The van der Waals surface area contributed by atoms with Crippen molar-refractivity contribution in [3.8, 4) is 0 Å². The molecule has 1 N–H and O–H groups in total. The minimum atomic E-state index is -0.329. The lowest BCUT2D eigenvalue weighted by atomic mass is 10.2. The van der Waals surface area contributed by atoms with E-state index in [1.807, 2.05) is 13.2 Å². The molecule has 0 aliphatic heterocycles. The summed E-state index contributed by atoms with van der Waals surface area (Å²) in [6, 6.07) is 4.36. The van der Waals surface area contributed by atoms with Crippen LogP contribution in [0.15, 0.2) is 30.6 Å². The maximum Gasteiger partial charge on any atom is 0.124 e. The van der Waals surface area contributed by atoms with Crippen molar-refractivity contribution in [2.75, 3.05) is 12.4 Å². The molecule has 0 radical (unpaired) electrons. The van der Waals surface area contributed by atoms with Gasteiger partial charge in [-0.2, -0.15) is 5.10 Å². The lowest BCUT2D eigenvalue weighted by Gasteiger charge is -2.04. The highest BCUT2D eigenvalue weighted by Gasteiger charge is 2.04. The van der Waals surface area contributed by atoms with Crippen molar-refractivity contribution in [3.05, 3.63) is 47.0 Å². The normalized spacial score (nSPS) is 10.4. The zero-order valence-electron chi connectivity index (χ0n) is 8.74. The van der Waals surface area contributed by atoms with E-state index in [9.17, 15) is 4.39 Å². The van der Waals surface area contributed by atoms with Gasteiger partial charge in [0.15, 0.2) is 0 Å². The van der Waals surface area contributed by atoms with Crippen LogP contribution < -0.4 is 5.32 Å². The molecule has 1 heterocycles. The van der Waals surface area contributed by atoms with Crippen molar-refractivity contribution in [1.29, 1.82) is 0 Å². The molecule has 1 aromatic carbocycles. The van der Waals surface area contributed by atoms with E-state index in [-0.39, 0.29) is 5.82 Å². The van der Waals surface area contributed by atoms with Crippen LogP contribution in [0.25, 0.3) is 0 Å². The fourth-order valence-corrected chi connectivity index (χ4v) is 1.63. The van der Waals surface area contributed by atoms with Crippen LogP contribution in [0.2, 0.25) is 5.02 Å². The molecular formula is C11H11ClFN3. The van der Waals surface area contributed by atoms with Crippen molar-refractivity contribution in [3.63, 3.8) is 0 Å². The number of benzene rings is 1. The van der Waals surface area contributed by atoms with Crippen molar-refractivity contribution in [1.82, 2.24) is 9.78 Å². The van der Waals surface area contributed by atoms with Gasteiger partial charge in [0, 0.05) is 18.3 Å². The lowest BCUT2D eigenvalue weighted by Crippen LogP contribution is -2.00. The number of hydrogen-bond acceptors (Lipinski definition) is 2. The highest BCUT2D eigenvalue weighted by molar-refractivity contribution is 6.31. The Morgan fingerprint density at radius 2 is 2.31 bits per heavy atom. The van der Waals surface area contributed by atoms with E-state index < -0.39 is 0 Å². The summed E-state index contributed by atoms with van der Waals surface area (Å²) in [7, 11) is 1.83. The summed E-state index contributed by atoms with van der Waals surface area (Å²) in [6.45, 7) is 0.529. The van der Waals surface area contributed by atoms with Gasteiger partial charge in [-0.25, -0.2) is 4.39 Å². The maximum absolute atomic E-state index is 12.8. The predicted octanol–water partition coefficient (Wildman–Crippen LogP) is 2.77. The average Bonchev–Trinajstić information content (AvgIpc) is 2.70. The molecule has 0 spiro atoms. The second kappa shape index (κ2) is 4.53. The second-order valence-corrected chi connectivity index (χ2v) is 3.82. The van der Waals surface area contributed by atoms with Gasteiger partial charge in [-0.05, 0) is 17.7 Å². The summed E-state index contributed by atoms with van der Waals surface area (Å²) >= 11 is 5.92. The highest BCUT2D eigenvalue weighted by atomic mass is 35.5. The molecule has 0 atom stereocenters. The van der Waals surface area contributed by atoms with E-state index in [1.165, 1.54) is 12.1 Å². The molecule has 2 aromatic rings. The number of aromatic nitrogens is 2. The Morgan fingerprint density at radius 3 is 2.94 bits per heavy atom. The number of nitrogens with zero attached hydrogens (tertiary/aromatic N) is 2. The van der Waals surface area contributed by atoms with Crippen LogP contribution in [-0.2, 0) is 6.54 Å². The van der Waals surface area contributed by atoms with E-state index in [0.29, 0.717) is 11.6 Å². The summed E-state index contributed by atoms with van der Waals surface area (Å²) in [5.41, 5.74) is 1.77. The maximum atomic E-state index is 12.8. The Hall–Kier alpha value is -1.55. The molecule has 0 aliphatic rings. The second-order valence-electron chi connectivity index (χ2n) is 3.41. The smallest absolute Gasteiger partial charge is 0.124 e. The van der Waals surface area contributed by atoms with Crippen LogP contribution in [-0.4, -0.2) is 16.8 Å². The van der Waals surface area contributed by atoms with Gasteiger partial charge in [0.25, 0.3) is 0 Å². The Labute approximate surface area is 97.8 Å². The summed E-state index contributed by atoms with van der Waals surface area (Å²) < 4.78 is 14.6. The lowest BCUT2D eigenvalue weighted by molar-refractivity contribution is 0.624. The van der Waals surface area contributed by atoms with Gasteiger partial charge in [0.1, 0.15) is 5.82 Å². The van der Waals surface area contributed by atoms with Crippen LogP contribution in [0.3, 0.4) is 0 Å². The minimum absolute atomic E-state index is 0.329. The molecule has 0 unspecified atom stereocenters.